The van der Waals surface area contributed by atoms with E-state index in [1.165, 1.54) is 41.7 Å². The second-order valence-electron chi connectivity index (χ2n) is 7.36. The van der Waals surface area contributed by atoms with Crippen molar-refractivity contribution in [1.29, 1.82) is 0 Å². The van der Waals surface area contributed by atoms with Crippen LogP contribution in [0.4, 0.5) is 14.5 Å². The lowest BCUT2D eigenvalue weighted by Gasteiger charge is -2.26. The second-order valence-corrected chi connectivity index (χ2v) is 9.30. The van der Waals surface area contributed by atoms with Gasteiger partial charge < -0.3 is 19.5 Å². The fourth-order valence-corrected chi connectivity index (χ4v) is 4.95. The minimum Gasteiger partial charge on any atom is -0.493 e. The number of sulfonamides is 1. The van der Waals surface area contributed by atoms with E-state index in [0.717, 1.165) is 31.4 Å². The fourth-order valence-electron chi connectivity index (χ4n) is 3.39. The van der Waals surface area contributed by atoms with Crippen molar-refractivity contribution in [3.8, 4) is 11.5 Å². The molecule has 0 spiro atoms. The van der Waals surface area contributed by atoms with Gasteiger partial charge >= 0.3 is 12.6 Å². The number of nitrogens with zero attached hydrogens (tertiary/aromatic N) is 1. The zero-order chi connectivity index (χ0) is 24.7. The highest BCUT2D eigenvalue weighted by atomic mass is 32.2. The third kappa shape index (κ3) is 6.41. The van der Waals surface area contributed by atoms with Gasteiger partial charge in [0.2, 0.25) is 10.0 Å². The molecule has 1 heterocycles. The number of benzene rings is 2. The first-order chi connectivity index (χ1) is 16.2. The van der Waals surface area contributed by atoms with Crippen molar-refractivity contribution in [2.75, 3.05) is 32.1 Å². The number of piperidine rings is 1. The SMILES string of the molecule is COc1cc(C(=O)OCC(=O)Nc2cccc(S(=O)(=O)N3CCCCC3)c2)ccc1OC(F)F. The Morgan fingerprint density at radius 2 is 1.79 bits per heavy atom. The molecule has 1 amide bonds. The Morgan fingerprint density at radius 1 is 1.06 bits per heavy atom. The predicted molar refractivity (Wildman–Crippen MR) is 118 cm³/mol. The number of halogens is 2. The van der Waals surface area contributed by atoms with Gasteiger partial charge in [0, 0.05) is 18.8 Å². The third-order valence-electron chi connectivity index (χ3n) is 5.02. The largest absolute Gasteiger partial charge is 0.493 e. The van der Waals surface area contributed by atoms with Crippen molar-refractivity contribution in [3.05, 3.63) is 48.0 Å². The highest BCUT2D eigenvalue weighted by Gasteiger charge is 2.26. The summed E-state index contributed by atoms with van der Waals surface area (Å²) in [6.07, 6.45) is 2.59. The molecule has 3 rings (SSSR count). The molecule has 34 heavy (non-hydrogen) atoms. The molecule has 0 saturated carbocycles. The number of rotatable bonds is 9. The summed E-state index contributed by atoms with van der Waals surface area (Å²) in [6.45, 7) is -2.81. The van der Waals surface area contributed by atoms with Crippen molar-refractivity contribution in [2.24, 2.45) is 0 Å². The number of carbonyl (C=O) groups is 2. The number of carbonyl (C=O) groups excluding carboxylic acids is 2. The minimum atomic E-state index is -3.67. The summed E-state index contributed by atoms with van der Waals surface area (Å²) in [6, 6.07) is 9.28. The van der Waals surface area contributed by atoms with Gasteiger partial charge in [-0.1, -0.05) is 12.5 Å². The average Bonchev–Trinajstić information content (AvgIpc) is 2.83. The first kappa shape index (κ1) is 25.4. The van der Waals surface area contributed by atoms with Crippen LogP contribution in [-0.4, -0.2) is 58.0 Å². The predicted octanol–water partition coefficient (Wildman–Crippen LogP) is 3.27. The van der Waals surface area contributed by atoms with Gasteiger partial charge in [0.15, 0.2) is 18.1 Å². The van der Waals surface area contributed by atoms with Gasteiger partial charge in [-0.25, -0.2) is 13.2 Å². The molecule has 1 N–H and O–H groups in total. The van der Waals surface area contributed by atoms with Gasteiger partial charge in [-0.3, -0.25) is 4.79 Å². The van der Waals surface area contributed by atoms with Crippen molar-refractivity contribution < 1.29 is 41.0 Å². The Hall–Kier alpha value is -3.25. The van der Waals surface area contributed by atoms with E-state index in [4.69, 9.17) is 9.47 Å². The second kappa shape index (κ2) is 11.3. The van der Waals surface area contributed by atoms with Crippen LogP contribution in [0.5, 0.6) is 11.5 Å². The Morgan fingerprint density at radius 3 is 2.47 bits per heavy atom. The smallest absolute Gasteiger partial charge is 0.387 e. The number of anilines is 1. The van der Waals surface area contributed by atoms with Crippen LogP contribution in [0.25, 0.3) is 0 Å². The molecule has 0 aliphatic carbocycles. The first-order valence-corrected chi connectivity index (χ1v) is 11.8. The number of hydrogen-bond acceptors (Lipinski definition) is 7. The molecule has 12 heteroatoms. The Balaban J connectivity index is 1.60. The van der Waals surface area contributed by atoms with Crippen LogP contribution in [0, 0.1) is 0 Å². The lowest BCUT2D eigenvalue weighted by molar-refractivity contribution is -0.119. The summed E-state index contributed by atoms with van der Waals surface area (Å²) in [4.78, 5) is 24.5. The standard InChI is InChI=1S/C22H24F2N2O7S/c1-31-19-12-15(8-9-18(19)33-22(23)24)21(28)32-14-20(27)25-16-6-5-7-17(13-16)34(29,30)26-10-3-2-4-11-26/h5-9,12-13,22H,2-4,10-11,14H2,1H3,(H,25,27). The average molecular weight is 499 g/mol. The molecule has 2 aromatic rings. The summed E-state index contributed by atoms with van der Waals surface area (Å²) in [5.74, 6) is -1.94. The van der Waals surface area contributed by atoms with E-state index in [2.05, 4.69) is 10.1 Å². The Labute approximate surface area is 195 Å². The molecule has 2 aromatic carbocycles. The number of ether oxygens (including phenoxy) is 3. The van der Waals surface area contributed by atoms with Crippen LogP contribution in [-0.2, 0) is 19.6 Å². The summed E-state index contributed by atoms with van der Waals surface area (Å²) in [5, 5.41) is 2.49. The van der Waals surface area contributed by atoms with E-state index >= 15 is 0 Å². The number of hydrogen-bond donors (Lipinski definition) is 1. The van der Waals surface area contributed by atoms with E-state index in [0.29, 0.717) is 13.1 Å². The normalized spacial score (nSPS) is 14.5. The maximum absolute atomic E-state index is 12.8. The van der Waals surface area contributed by atoms with Gasteiger partial charge in [-0.2, -0.15) is 13.1 Å². The van der Waals surface area contributed by atoms with Gasteiger partial charge in [-0.15, -0.1) is 0 Å². The maximum Gasteiger partial charge on any atom is 0.387 e. The minimum absolute atomic E-state index is 0.0408. The fraction of sp³-hybridized carbons (Fsp3) is 0.364. The molecule has 1 saturated heterocycles. The molecular formula is C22H24F2N2O7S. The van der Waals surface area contributed by atoms with Crippen LogP contribution in [0.1, 0.15) is 29.6 Å². The number of amides is 1. The number of alkyl halides is 2. The van der Waals surface area contributed by atoms with Crippen LogP contribution in [0.2, 0.25) is 0 Å². The highest BCUT2D eigenvalue weighted by molar-refractivity contribution is 7.89. The molecule has 9 nitrogen and oxygen atoms in total. The Kier molecular flexibility index (Phi) is 8.40. The van der Waals surface area contributed by atoms with Crippen molar-refractivity contribution in [2.45, 2.75) is 30.8 Å². The molecule has 0 radical (unpaired) electrons. The molecule has 1 aliphatic rings. The summed E-state index contributed by atoms with van der Waals surface area (Å²) in [5.41, 5.74) is 0.190. The van der Waals surface area contributed by atoms with E-state index in [9.17, 15) is 26.8 Å². The zero-order valence-corrected chi connectivity index (χ0v) is 19.1. The van der Waals surface area contributed by atoms with Gasteiger partial charge in [0.05, 0.1) is 17.6 Å². The molecule has 0 atom stereocenters. The quantitative estimate of drug-likeness (QED) is 0.528. The lowest BCUT2D eigenvalue weighted by Crippen LogP contribution is -2.35. The van der Waals surface area contributed by atoms with Crippen LogP contribution < -0.4 is 14.8 Å². The number of methoxy groups -OCH3 is 1. The first-order valence-electron chi connectivity index (χ1n) is 10.4. The molecule has 0 bridgehead atoms. The van der Waals surface area contributed by atoms with Crippen LogP contribution >= 0.6 is 0 Å². The maximum atomic E-state index is 12.8. The molecule has 1 fully saturated rings. The van der Waals surface area contributed by atoms with E-state index in [1.807, 2.05) is 0 Å². The Bertz CT molecular complexity index is 1140. The lowest BCUT2D eigenvalue weighted by atomic mass is 10.2. The van der Waals surface area contributed by atoms with E-state index < -0.39 is 35.1 Å². The van der Waals surface area contributed by atoms with E-state index in [1.54, 1.807) is 0 Å². The topological polar surface area (TPSA) is 111 Å². The molecule has 1 aliphatic heterocycles. The third-order valence-corrected chi connectivity index (χ3v) is 6.91. The number of nitrogens with one attached hydrogen (secondary N) is 1. The summed E-state index contributed by atoms with van der Waals surface area (Å²) < 4.78 is 66.1. The number of esters is 1. The summed E-state index contributed by atoms with van der Waals surface area (Å²) >= 11 is 0. The van der Waals surface area contributed by atoms with Gasteiger partial charge in [0.1, 0.15) is 0 Å². The molecular weight excluding hydrogens is 474 g/mol. The van der Waals surface area contributed by atoms with Gasteiger partial charge in [-0.05, 0) is 49.2 Å². The van der Waals surface area contributed by atoms with Gasteiger partial charge in [0.25, 0.3) is 5.91 Å². The molecule has 184 valence electrons. The van der Waals surface area contributed by atoms with Crippen molar-refractivity contribution in [1.82, 2.24) is 4.31 Å². The molecule has 0 aromatic heterocycles. The van der Waals surface area contributed by atoms with Crippen molar-refractivity contribution in [3.63, 3.8) is 0 Å². The van der Waals surface area contributed by atoms with Crippen molar-refractivity contribution >= 4 is 27.6 Å². The zero-order valence-electron chi connectivity index (χ0n) is 18.3. The highest BCUT2D eigenvalue weighted by Crippen LogP contribution is 2.29. The summed E-state index contributed by atoms with van der Waals surface area (Å²) in [7, 11) is -2.45. The monoisotopic (exact) mass is 498 g/mol. The van der Waals surface area contributed by atoms with E-state index in [-0.39, 0.29) is 27.6 Å². The molecule has 0 unspecified atom stereocenters. The van der Waals surface area contributed by atoms with Crippen LogP contribution in [0.3, 0.4) is 0 Å². The van der Waals surface area contributed by atoms with Crippen LogP contribution in [0.15, 0.2) is 47.4 Å².